The number of H-pyrrole nitrogens is 1. The summed E-state index contributed by atoms with van der Waals surface area (Å²) in [4.78, 5) is 7.67. The van der Waals surface area contributed by atoms with Crippen LogP contribution in [0.2, 0.25) is 0 Å². The van der Waals surface area contributed by atoms with E-state index in [0.717, 1.165) is 22.2 Å². The number of fused-ring (bicyclic) bond motifs is 1. The van der Waals surface area contributed by atoms with Gasteiger partial charge in [-0.05, 0) is 53.6 Å². The predicted octanol–water partition coefficient (Wildman–Crippen LogP) is 5.09. The Labute approximate surface area is 179 Å². The number of aromatic amines is 1. The number of ether oxygens (including phenoxy) is 2. The van der Waals surface area contributed by atoms with E-state index in [1.807, 2.05) is 54.6 Å². The average molecular weight is 406 g/mol. The summed E-state index contributed by atoms with van der Waals surface area (Å²) in [5, 5.41) is 18.5. The van der Waals surface area contributed by atoms with Crippen LogP contribution in [0.5, 0.6) is 11.5 Å². The molecule has 0 bridgehead atoms. The second-order valence-electron chi connectivity index (χ2n) is 6.78. The summed E-state index contributed by atoms with van der Waals surface area (Å²) in [7, 11) is 1.57. The summed E-state index contributed by atoms with van der Waals surface area (Å²) >= 11 is 0. The smallest absolute Gasteiger partial charge is 0.161 e. The van der Waals surface area contributed by atoms with Crippen molar-refractivity contribution in [3.05, 3.63) is 89.2 Å². The molecule has 0 fully saturated rings. The van der Waals surface area contributed by atoms with Gasteiger partial charge in [-0.2, -0.15) is 10.5 Å². The Morgan fingerprint density at radius 3 is 2.55 bits per heavy atom. The molecule has 1 N–H and O–H groups in total. The molecule has 0 atom stereocenters. The highest BCUT2D eigenvalue weighted by Crippen LogP contribution is 2.30. The number of nitrogens with zero attached hydrogens (tertiary/aromatic N) is 3. The van der Waals surface area contributed by atoms with E-state index in [1.54, 1.807) is 25.3 Å². The number of aromatic nitrogens is 2. The van der Waals surface area contributed by atoms with Crippen molar-refractivity contribution in [1.29, 1.82) is 10.5 Å². The molecule has 1 aromatic heterocycles. The van der Waals surface area contributed by atoms with Crippen molar-refractivity contribution >= 4 is 22.7 Å². The lowest BCUT2D eigenvalue weighted by atomic mass is 10.1. The van der Waals surface area contributed by atoms with Gasteiger partial charge >= 0.3 is 0 Å². The Morgan fingerprint density at radius 2 is 1.84 bits per heavy atom. The monoisotopic (exact) mass is 406 g/mol. The number of rotatable bonds is 6. The van der Waals surface area contributed by atoms with Gasteiger partial charge in [0.15, 0.2) is 11.5 Å². The Balaban J connectivity index is 1.56. The second-order valence-corrected chi connectivity index (χ2v) is 6.78. The third-order valence-corrected chi connectivity index (χ3v) is 4.74. The lowest BCUT2D eigenvalue weighted by molar-refractivity contribution is 0.284. The lowest BCUT2D eigenvalue weighted by Gasteiger charge is -2.11. The molecule has 1 heterocycles. The molecule has 4 rings (SSSR count). The number of allylic oxidation sites excluding steroid dienone is 1. The minimum Gasteiger partial charge on any atom is -0.493 e. The van der Waals surface area contributed by atoms with Crippen LogP contribution >= 0.6 is 0 Å². The standard InChI is InChI=1S/C25H18N4O2/c1-30-24-13-19(10-11-23(24)31-16-18-8-6-17(14-26)7-9-18)12-20(15-27)25-28-21-4-2-3-5-22(21)29-25/h2-13H,16H2,1H3,(H,28,29). The van der Waals surface area contributed by atoms with Crippen molar-refractivity contribution in [3.8, 4) is 23.6 Å². The van der Waals surface area contributed by atoms with Crippen molar-refractivity contribution in [2.45, 2.75) is 6.61 Å². The SMILES string of the molecule is COc1cc(C=C(C#N)c2nc3ccccc3[nH]2)ccc1OCc1ccc(C#N)cc1. The molecule has 6 nitrogen and oxygen atoms in total. The molecule has 150 valence electrons. The molecule has 6 heteroatoms. The first-order valence-corrected chi connectivity index (χ1v) is 9.57. The van der Waals surface area contributed by atoms with Gasteiger partial charge in [-0.15, -0.1) is 0 Å². The van der Waals surface area contributed by atoms with Crippen LogP contribution in [-0.4, -0.2) is 17.1 Å². The predicted molar refractivity (Wildman–Crippen MR) is 118 cm³/mol. The fourth-order valence-electron chi connectivity index (χ4n) is 3.13. The normalized spacial score (nSPS) is 11.0. The number of hydrogen-bond donors (Lipinski definition) is 1. The van der Waals surface area contributed by atoms with Crippen molar-refractivity contribution in [2.24, 2.45) is 0 Å². The van der Waals surface area contributed by atoms with Crippen LogP contribution < -0.4 is 9.47 Å². The highest BCUT2D eigenvalue weighted by molar-refractivity contribution is 5.90. The van der Waals surface area contributed by atoms with Gasteiger partial charge in [-0.25, -0.2) is 4.98 Å². The number of para-hydroxylation sites is 2. The summed E-state index contributed by atoms with van der Waals surface area (Å²) in [5.74, 6) is 1.67. The molecule has 4 aromatic rings. The number of methoxy groups -OCH3 is 1. The van der Waals surface area contributed by atoms with Crippen LogP contribution in [0.4, 0.5) is 0 Å². The highest BCUT2D eigenvalue weighted by atomic mass is 16.5. The molecule has 31 heavy (non-hydrogen) atoms. The van der Waals surface area contributed by atoms with Crippen LogP contribution in [-0.2, 0) is 6.61 Å². The molecule has 0 spiro atoms. The van der Waals surface area contributed by atoms with Crippen molar-refractivity contribution in [2.75, 3.05) is 7.11 Å². The van der Waals surface area contributed by atoms with E-state index >= 15 is 0 Å². The fourth-order valence-corrected chi connectivity index (χ4v) is 3.13. The number of nitrogens with one attached hydrogen (secondary N) is 1. The lowest BCUT2D eigenvalue weighted by Crippen LogP contribution is -1.98. The summed E-state index contributed by atoms with van der Waals surface area (Å²) < 4.78 is 11.4. The van der Waals surface area contributed by atoms with Gasteiger partial charge in [0, 0.05) is 0 Å². The van der Waals surface area contributed by atoms with E-state index < -0.39 is 0 Å². The molecule has 0 aliphatic rings. The summed E-state index contributed by atoms with van der Waals surface area (Å²) in [6.07, 6.45) is 1.75. The van der Waals surface area contributed by atoms with Crippen LogP contribution in [0, 0.1) is 22.7 Å². The zero-order valence-corrected chi connectivity index (χ0v) is 16.8. The molecular weight excluding hydrogens is 388 g/mol. The quantitative estimate of drug-likeness (QED) is 0.450. The molecular formula is C25H18N4O2. The van der Waals surface area contributed by atoms with Crippen LogP contribution in [0.3, 0.4) is 0 Å². The molecule has 0 unspecified atom stereocenters. The Kier molecular flexibility index (Phi) is 5.64. The molecule has 0 saturated heterocycles. The van der Waals surface area contributed by atoms with E-state index in [2.05, 4.69) is 22.1 Å². The highest BCUT2D eigenvalue weighted by Gasteiger charge is 2.10. The van der Waals surface area contributed by atoms with E-state index in [4.69, 9.17) is 14.7 Å². The fraction of sp³-hybridized carbons (Fsp3) is 0.0800. The van der Waals surface area contributed by atoms with Gasteiger partial charge < -0.3 is 14.5 Å². The minimum atomic E-state index is 0.347. The first-order valence-electron chi connectivity index (χ1n) is 9.57. The van der Waals surface area contributed by atoms with Gasteiger partial charge in [-0.1, -0.05) is 30.3 Å². The van der Waals surface area contributed by atoms with Crippen LogP contribution in [0.15, 0.2) is 66.7 Å². The van der Waals surface area contributed by atoms with Gasteiger partial charge in [0.2, 0.25) is 0 Å². The minimum absolute atomic E-state index is 0.347. The third kappa shape index (κ3) is 4.39. The largest absolute Gasteiger partial charge is 0.493 e. The summed E-state index contributed by atoms with van der Waals surface area (Å²) in [5.41, 5.74) is 4.45. The molecule has 0 aliphatic heterocycles. The van der Waals surface area contributed by atoms with Gasteiger partial charge in [0.25, 0.3) is 0 Å². The second kappa shape index (κ2) is 8.86. The van der Waals surface area contributed by atoms with E-state index in [-0.39, 0.29) is 0 Å². The van der Waals surface area contributed by atoms with Crippen molar-refractivity contribution in [1.82, 2.24) is 9.97 Å². The van der Waals surface area contributed by atoms with E-state index in [9.17, 15) is 5.26 Å². The first kappa shape index (κ1) is 19.8. The van der Waals surface area contributed by atoms with Crippen LogP contribution in [0.25, 0.3) is 22.7 Å². The summed E-state index contributed by atoms with van der Waals surface area (Å²) in [6, 6.07) is 24.6. The zero-order chi connectivity index (χ0) is 21.6. The Hall–Kier alpha value is -4.55. The average Bonchev–Trinajstić information content (AvgIpc) is 3.26. The topological polar surface area (TPSA) is 94.7 Å². The number of benzene rings is 3. The van der Waals surface area contributed by atoms with Gasteiger partial charge in [-0.3, -0.25) is 0 Å². The van der Waals surface area contributed by atoms with E-state index in [1.165, 1.54) is 0 Å². The first-order chi connectivity index (χ1) is 15.2. The van der Waals surface area contributed by atoms with Crippen LogP contribution in [0.1, 0.15) is 22.5 Å². The van der Waals surface area contributed by atoms with Gasteiger partial charge in [0.1, 0.15) is 18.5 Å². The molecule has 0 radical (unpaired) electrons. The zero-order valence-electron chi connectivity index (χ0n) is 16.8. The third-order valence-electron chi connectivity index (χ3n) is 4.74. The maximum absolute atomic E-state index is 9.64. The van der Waals surface area contributed by atoms with Gasteiger partial charge in [0.05, 0.1) is 35.3 Å². The number of nitriles is 2. The maximum atomic E-state index is 9.64. The molecule has 3 aromatic carbocycles. The Morgan fingerprint density at radius 1 is 1.03 bits per heavy atom. The number of imidazole rings is 1. The molecule has 0 saturated carbocycles. The van der Waals surface area contributed by atoms with Crippen molar-refractivity contribution < 1.29 is 9.47 Å². The Bertz CT molecular complexity index is 1310. The van der Waals surface area contributed by atoms with Crippen molar-refractivity contribution in [3.63, 3.8) is 0 Å². The number of hydrogen-bond acceptors (Lipinski definition) is 5. The summed E-state index contributed by atoms with van der Waals surface area (Å²) in [6.45, 7) is 0.347. The maximum Gasteiger partial charge on any atom is 0.161 e. The molecule has 0 aliphatic carbocycles. The van der Waals surface area contributed by atoms with E-state index in [0.29, 0.717) is 35.1 Å². The molecule has 0 amide bonds.